The van der Waals surface area contributed by atoms with Gasteiger partial charge in [0.15, 0.2) is 11.5 Å². The number of aliphatic imine (C=N–C) groups is 1. The Morgan fingerprint density at radius 2 is 2.35 bits per heavy atom. The molecule has 7 heteroatoms. The van der Waals surface area contributed by atoms with E-state index in [0.717, 1.165) is 6.07 Å². The maximum absolute atomic E-state index is 10.8. The molecule has 7 nitrogen and oxygen atoms in total. The second kappa shape index (κ2) is 5.87. The third kappa shape index (κ3) is 2.94. The van der Waals surface area contributed by atoms with Gasteiger partial charge in [-0.1, -0.05) is 0 Å². The van der Waals surface area contributed by atoms with Crippen LogP contribution >= 0.6 is 0 Å². The molecule has 1 aromatic carbocycles. The van der Waals surface area contributed by atoms with E-state index in [0.29, 0.717) is 5.76 Å². The maximum Gasteiger partial charge on any atom is 0.274 e. The van der Waals surface area contributed by atoms with E-state index in [9.17, 15) is 15.2 Å². The molecule has 0 saturated carbocycles. The molecule has 2 aromatic rings. The van der Waals surface area contributed by atoms with Crippen LogP contribution < -0.4 is 4.74 Å². The summed E-state index contributed by atoms with van der Waals surface area (Å²) in [5, 5.41) is 20.7. The second-order valence-electron chi connectivity index (χ2n) is 3.89. The fourth-order valence-electron chi connectivity index (χ4n) is 1.61. The van der Waals surface area contributed by atoms with E-state index in [-0.39, 0.29) is 29.3 Å². The summed E-state index contributed by atoms with van der Waals surface area (Å²) in [6.07, 6.45) is 2.87. The average molecular weight is 276 g/mol. The number of phenolic OH excluding ortho intramolecular Hbond substituents is 1. The van der Waals surface area contributed by atoms with Crippen LogP contribution in [-0.2, 0) is 6.54 Å². The predicted octanol–water partition coefficient (Wildman–Crippen LogP) is 2.52. The zero-order valence-electron chi connectivity index (χ0n) is 10.6. The Morgan fingerprint density at radius 1 is 1.55 bits per heavy atom. The lowest BCUT2D eigenvalue weighted by Crippen LogP contribution is -1.94. The number of hydrogen-bond donors (Lipinski definition) is 1. The quantitative estimate of drug-likeness (QED) is 0.514. The minimum atomic E-state index is -0.564. The number of ether oxygens (including phenoxy) is 1. The van der Waals surface area contributed by atoms with Crippen LogP contribution in [-0.4, -0.2) is 23.4 Å². The molecular weight excluding hydrogens is 264 g/mol. The molecule has 0 fully saturated rings. The van der Waals surface area contributed by atoms with Crippen LogP contribution in [0.15, 0.2) is 39.9 Å². The minimum Gasteiger partial charge on any atom is -0.504 e. The monoisotopic (exact) mass is 276 g/mol. The number of hydrogen-bond acceptors (Lipinski definition) is 6. The number of nitro benzene ring substituents is 1. The van der Waals surface area contributed by atoms with Crippen molar-refractivity contribution < 1.29 is 19.2 Å². The lowest BCUT2D eigenvalue weighted by Gasteiger charge is -2.05. The average Bonchev–Trinajstić information content (AvgIpc) is 2.93. The van der Waals surface area contributed by atoms with Gasteiger partial charge >= 0.3 is 0 Å². The molecule has 0 saturated heterocycles. The third-order valence-electron chi connectivity index (χ3n) is 2.58. The highest BCUT2D eigenvalue weighted by Crippen LogP contribution is 2.33. The Morgan fingerprint density at radius 3 is 2.95 bits per heavy atom. The van der Waals surface area contributed by atoms with Crippen LogP contribution in [0.5, 0.6) is 11.5 Å². The smallest absolute Gasteiger partial charge is 0.274 e. The molecule has 0 radical (unpaired) electrons. The van der Waals surface area contributed by atoms with Gasteiger partial charge in [-0.05, 0) is 12.1 Å². The van der Waals surface area contributed by atoms with Gasteiger partial charge in [0.1, 0.15) is 5.76 Å². The fraction of sp³-hybridized carbons (Fsp3) is 0.154. The molecule has 0 atom stereocenters. The van der Waals surface area contributed by atoms with Gasteiger partial charge in [-0.2, -0.15) is 0 Å². The highest BCUT2D eigenvalue weighted by Gasteiger charge is 2.15. The molecule has 0 aliphatic rings. The van der Waals surface area contributed by atoms with E-state index in [2.05, 4.69) is 4.99 Å². The predicted molar refractivity (Wildman–Crippen MR) is 71.3 cm³/mol. The Labute approximate surface area is 114 Å². The number of furan rings is 1. The number of phenols is 1. The van der Waals surface area contributed by atoms with Crippen molar-refractivity contribution in [2.45, 2.75) is 6.54 Å². The molecular formula is C13H12N2O5. The van der Waals surface area contributed by atoms with Gasteiger partial charge in [0.2, 0.25) is 0 Å². The highest BCUT2D eigenvalue weighted by atomic mass is 16.6. The van der Waals surface area contributed by atoms with Crippen molar-refractivity contribution >= 4 is 11.9 Å². The Bertz CT molecular complexity index is 634. The summed E-state index contributed by atoms with van der Waals surface area (Å²) >= 11 is 0. The van der Waals surface area contributed by atoms with Crippen LogP contribution in [0.2, 0.25) is 0 Å². The van der Waals surface area contributed by atoms with E-state index >= 15 is 0 Å². The summed E-state index contributed by atoms with van der Waals surface area (Å²) in [4.78, 5) is 14.3. The van der Waals surface area contributed by atoms with E-state index in [1.165, 1.54) is 25.7 Å². The molecule has 104 valence electrons. The Balaban J connectivity index is 2.27. The van der Waals surface area contributed by atoms with Crippen molar-refractivity contribution in [1.82, 2.24) is 0 Å². The number of non-ortho nitro benzene ring substituents is 1. The topological polar surface area (TPSA) is 98.1 Å². The molecule has 0 bridgehead atoms. The molecule has 1 heterocycles. The van der Waals surface area contributed by atoms with Crippen LogP contribution in [0, 0.1) is 10.1 Å². The SMILES string of the molecule is COc1cc([N+](=O)[O-])cc(C=NCc2ccco2)c1O. The number of nitrogens with zero attached hydrogens (tertiary/aromatic N) is 2. The van der Waals surface area contributed by atoms with Crippen molar-refractivity contribution in [2.24, 2.45) is 4.99 Å². The molecule has 2 rings (SSSR count). The van der Waals surface area contributed by atoms with Gasteiger partial charge in [0, 0.05) is 17.8 Å². The van der Waals surface area contributed by atoms with Crippen LogP contribution in [0.25, 0.3) is 0 Å². The van der Waals surface area contributed by atoms with Crippen molar-refractivity contribution in [1.29, 1.82) is 0 Å². The third-order valence-corrected chi connectivity index (χ3v) is 2.58. The summed E-state index contributed by atoms with van der Waals surface area (Å²) < 4.78 is 9.99. The number of methoxy groups -OCH3 is 1. The van der Waals surface area contributed by atoms with Gasteiger partial charge in [0.25, 0.3) is 5.69 Å². The largest absolute Gasteiger partial charge is 0.504 e. The molecule has 0 aliphatic carbocycles. The Kier molecular flexibility index (Phi) is 3.99. The molecule has 20 heavy (non-hydrogen) atoms. The first-order valence-electron chi connectivity index (χ1n) is 5.69. The van der Waals surface area contributed by atoms with Crippen molar-refractivity contribution in [3.8, 4) is 11.5 Å². The van der Waals surface area contributed by atoms with Gasteiger partial charge in [-0.15, -0.1) is 0 Å². The van der Waals surface area contributed by atoms with Crippen molar-refractivity contribution in [2.75, 3.05) is 7.11 Å². The number of nitro groups is 1. The zero-order chi connectivity index (χ0) is 14.5. The summed E-state index contributed by atoms with van der Waals surface area (Å²) in [6.45, 7) is 0.275. The highest BCUT2D eigenvalue weighted by molar-refractivity contribution is 5.86. The molecule has 1 aromatic heterocycles. The summed E-state index contributed by atoms with van der Waals surface area (Å²) in [7, 11) is 1.32. The first kappa shape index (κ1) is 13.6. The maximum atomic E-state index is 10.8. The lowest BCUT2D eigenvalue weighted by atomic mass is 10.1. The first-order valence-corrected chi connectivity index (χ1v) is 5.69. The van der Waals surface area contributed by atoms with Crippen LogP contribution in [0.4, 0.5) is 5.69 Å². The molecule has 0 unspecified atom stereocenters. The fourth-order valence-corrected chi connectivity index (χ4v) is 1.61. The number of benzene rings is 1. The van der Waals surface area contributed by atoms with Gasteiger partial charge in [-0.25, -0.2) is 0 Å². The summed E-state index contributed by atoms with van der Waals surface area (Å²) in [5.41, 5.74) is 0.0294. The van der Waals surface area contributed by atoms with Crippen LogP contribution in [0.1, 0.15) is 11.3 Å². The molecule has 1 N–H and O–H groups in total. The van der Waals surface area contributed by atoms with Crippen LogP contribution in [0.3, 0.4) is 0 Å². The Hall–Kier alpha value is -2.83. The second-order valence-corrected chi connectivity index (χ2v) is 3.89. The van der Waals surface area contributed by atoms with Crippen molar-refractivity contribution in [3.63, 3.8) is 0 Å². The van der Waals surface area contributed by atoms with Gasteiger partial charge < -0.3 is 14.3 Å². The summed E-state index contributed by atoms with van der Waals surface area (Å²) in [6, 6.07) is 5.87. The summed E-state index contributed by atoms with van der Waals surface area (Å²) in [5.74, 6) is 0.484. The lowest BCUT2D eigenvalue weighted by molar-refractivity contribution is -0.385. The first-order chi connectivity index (χ1) is 9.61. The molecule has 0 amide bonds. The normalized spacial score (nSPS) is 10.8. The number of aromatic hydroxyl groups is 1. The van der Waals surface area contributed by atoms with Gasteiger partial charge in [0.05, 0.1) is 30.9 Å². The van der Waals surface area contributed by atoms with E-state index in [1.807, 2.05) is 0 Å². The van der Waals surface area contributed by atoms with Gasteiger partial charge in [-0.3, -0.25) is 15.1 Å². The minimum absolute atomic E-state index is 0.0265. The van der Waals surface area contributed by atoms with Crippen molar-refractivity contribution in [3.05, 3.63) is 52.0 Å². The molecule has 0 aliphatic heterocycles. The van der Waals surface area contributed by atoms with E-state index < -0.39 is 4.92 Å². The number of rotatable bonds is 5. The standard InChI is InChI=1S/C13H12N2O5/c1-19-12-6-10(15(17)18)5-9(13(12)16)7-14-8-11-3-2-4-20-11/h2-7,16H,8H2,1H3. The molecule has 0 spiro atoms. The zero-order valence-corrected chi connectivity index (χ0v) is 10.6. The van der Waals surface area contributed by atoms with E-state index in [4.69, 9.17) is 9.15 Å². The van der Waals surface area contributed by atoms with E-state index in [1.54, 1.807) is 12.1 Å².